The second-order valence-electron chi connectivity index (χ2n) is 17.1. The number of ether oxygens (including phenoxy) is 2. The fourth-order valence-corrected chi connectivity index (χ4v) is 6.98. The molecule has 0 amide bonds. The minimum Gasteiger partial charge on any atom is -0.462 e. The van der Waals surface area contributed by atoms with E-state index in [-0.39, 0.29) is 26.1 Å². The number of phosphoric acid groups is 1. The van der Waals surface area contributed by atoms with Gasteiger partial charge < -0.3 is 18.9 Å². The lowest BCUT2D eigenvalue weighted by Crippen LogP contribution is -2.37. The summed E-state index contributed by atoms with van der Waals surface area (Å²) in [7, 11) is 1.44. The molecular weight excluding hydrogens is 774 g/mol. The van der Waals surface area contributed by atoms with Gasteiger partial charge in [0.2, 0.25) is 0 Å². The third-order valence-electron chi connectivity index (χ3n) is 10.0. The fraction of sp³-hybridized carbons (Fsp3) is 0.760. The lowest BCUT2D eigenvalue weighted by Gasteiger charge is -2.24. The van der Waals surface area contributed by atoms with Crippen molar-refractivity contribution in [3.8, 4) is 0 Å². The van der Waals surface area contributed by atoms with Crippen molar-refractivity contribution in [1.29, 1.82) is 0 Å². The summed E-state index contributed by atoms with van der Waals surface area (Å²) in [4.78, 5) is 35.4. The molecule has 0 bridgehead atoms. The van der Waals surface area contributed by atoms with E-state index in [2.05, 4.69) is 74.6 Å². The van der Waals surface area contributed by atoms with Crippen molar-refractivity contribution in [2.45, 2.75) is 200 Å². The van der Waals surface area contributed by atoms with E-state index in [4.69, 9.17) is 18.5 Å². The Morgan fingerprint density at radius 3 is 1.42 bits per heavy atom. The number of unbranched alkanes of at least 4 members (excludes halogenated alkanes) is 19. The molecule has 0 saturated carbocycles. The molecule has 0 saturated heterocycles. The molecule has 0 aliphatic heterocycles. The number of carbonyl (C=O) groups is 2. The molecule has 0 aromatic heterocycles. The highest BCUT2D eigenvalue weighted by atomic mass is 31.2. The van der Waals surface area contributed by atoms with Crippen LogP contribution in [-0.2, 0) is 32.7 Å². The number of allylic oxidation sites excluding steroid dienone is 10. The molecule has 1 N–H and O–H groups in total. The number of esters is 2. The van der Waals surface area contributed by atoms with Crippen LogP contribution in [0.2, 0.25) is 0 Å². The Morgan fingerprint density at radius 1 is 0.517 bits per heavy atom. The number of hydrogen-bond acceptors (Lipinski definition) is 7. The maximum absolute atomic E-state index is 12.7. The predicted molar refractivity (Wildman–Crippen MR) is 252 cm³/mol. The van der Waals surface area contributed by atoms with Crippen molar-refractivity contribution in [2.24, 2.45) is 0 Å². The zero-order valence-corrected chi connectivity index (χ0v) is 40.1. The van der Waals surface area contributed by atoms with Crippen LogP contribution in [-0.4, -0.2) is 74.9 Å². The average Bonchev–Trinajstić information content (AvgIpc) is 3.20. The van der Waals surface area contributed by atoms with Gasteiger partial charge in [0.05, 0.1) is 27.7 Å². The van der Waals surface area contributed by atoms with Gasteiger partial charge in [-0.3, -0.25) is 18.6 Å². The van der Waals surface area contributed by atoms with Gasteiger partial charge in [0.15, 0.2) is 6.10 Å². The largest absolute Gasteiger partial charge is 0.472 e. The Hall–Kier alpha value is -2.29. The molecule has 60 heavy (non-hydrogen) atoms. The van der Waals surface area contributed by atoms with Crippen LogP contribution in [0.25, 0.3) is 0 Å². The minimum atomic E-state index is -4.39. The molecule has 10 heteroatoms. The highest BCUT2D eigenvalue weighted by Crippen LogP contribution is 2.43. The van der Waals surface area contributed by atoms with Gasteiger partial charge in [0.1, 0.15) is 19.8 Å². The summed E-state index contributed by atoms with van der Waals surface area (Å²) < 4.78 is 34.3. The van der Waals surface area contributed by atoms with E-state index in [0.29, 0.717) is 23.9 Å². The van der Waals surface area contributed by atoms with Crippen molar-refractivity contribution < 1.29 is 42.1 Å². The Kier molecular flexibility index (Phi) is 40.4. The third kappa shape index (κ3) is 45.2. The zero-order valence-electron chi connectivity index (χ0n) is 39.2. The lowest BCUT2D eigenvalue weighted by atomic mass is 10.1. The molecule has 0 aromatic carbocycles. The van der Waals surface area contributed by atoms with E-state index in [1.807, 2.05) is 21.1 Å². The fourth-order valence-electron chi connectivity index (χ4n) is 6.24. The molecule has 0 heterocycles. The molecule has 0 aliphatic carbocycles. The summed E-state index contributed by atoms with van der Waals surface area (Å²) in [6, 6.07) is 0. The van der Waals surface area contributed by atoms with Gasteiger partial charge in [-0.2, -0.15) is 0 Å². The summed E-state index contributed by atoms with van der Waals surface area (Å²) >= 11 is 0. The Balaban J connectivity index is 4.39. The quantitative estimate of drug-likeness (QED) is 0.0212. The van der Waals surface area contributed by atoms with Crippen LogP contribution in [0.15, 0.2) is 60.8 Å². The minimum absolute atomic E-state index is 0.0212. The number of likely N-dealkylation sites (N-methyl/N-ethyl adjacent to an activating group) is 1. The van der Waals surface area contributed by atoms with Crippen molar-refractivity contribution in [3.63, 3.8) is 0 Å². The molecular formula is C50H91NO8P+. The van der Waals surface area contributed by atoms with Gasteiger partial charge in [0.25, 0.3) is 0 Å². The first-order valence-electron chi connectivity index (χ1n) is 24.0. The SMILES string of the molecule is CCCCC/C=C\C/C=C\CCCCCCCCCCCC(=O)O[C@H](COC(=O)CCC/C=C\C/C=C\C/C=C\CCCCCCCC)COP(=O)(O)OCC[N+](C)(C)C. The van der Waals surface area contributed by atoms with Crippen LogP contribution >= 0.6 is 7.82 Å². The van der Waals surface area contributed by atoms with Gasteiger partial charge in [-0.1, -0.05) is 164 Å². The number of rotatable bonds is 43. The maximum Gasteiger partial charge on any atom is 0.472 e. The molecule has 9 nitrogen and oxygen atoms in total. The van der Waals surface area contributed by atoms with E-state index in [1.54, 1.807) is 0 Å². The summed E-state index contributed by atoms with van der Waals surface area (Å²) in [5.74, 6) is -0.865. The molecule has 348 valence electrons. The van der Waals surface area contributed by atoms with Crippen molar-refractivity contribution in [2.75, 3.05) is 47.5 Å². The second kappa shape index (κ2) is 42.0. The summed E-state index contributed by atoms with van der Waals surface area (Å²) in [5.41, 5.74) is 0. The Bertz CT molecular complexity index is 1210. The van der Waals surface area contributed by atoms with Crippen LogP contribution in [0.3, 0.4) is 0 Å². The topological polar surface area (TPSA) is 108 Å². The molecule has 0 spiro atoms. The van der Waals surface area contributed by atoms with Gasteiger partial charge in [-0.15, -0.1) is 0 Å². The standard InChI is InChI=1S/C50H90NO8P/c1-6-8-10-12-14-16-18-20-22-24-25-27-29-31-33-35-37-39-41-43-50(53)59-48(47-58-60(54,55)57-45-44-51(3,4)5)46-56-49(52)42-40-38-36-34-32-30-28-26-23-21-19-17-15-13-11-9-7-2/h14,16,20-23,28,30,34,36,48H,6-13,15,17-19,24-27,29,31-33,35,37-47H2,1-5H3/p+1/b16-14-,22-20-,23-21-,30-28-,36-34-/t48-/m1/s1. The average molecular weight is 865 g/mol. The summed E-state index contributed by atoms with van der Waals surface area (Å²) in [5, 5.41) is 0. The highest BCUT2D eigenvalue weighted by Gasteiger charge is 2.27. The first-order chi connectivity index (χ1) is 29.0. The van der Waals surface area contributed by atoms with Crippen LogP contribution < -0.4 is 0 Å². The van der Waals surface area contributed by atoms with Crippen molar-refractivity contribution in [3.05, 3.63) is 60.8 Å². The van der Waals surface area contributed by atoms with Gasteiger partial charge in [-0.25, -0.2) is 4.57 Å². The number of phosphoric ester groups is 1. The van der Waals surface area contributed by atoms with Crippen molar-refractivity contribution in [1.82, 2.24) is 0 Å². The van der Waals surface area contributed by atoms with Gasteiger partial charge in [0, 0.05) is 12.8 Å². The lowest BCUT2D eigenvalue weighted by molar-refractivity contribution is -0.870. The number of quaternary nitrogens is 1. The van der Waals surface area contributed by atoms with Crippen LogP contribution in [0, 0.1) is 0 Å². The zero-order chi connectivity index (χ0) is 44.3. The van der Waals surface area contributed by atoms with Crippen molar-refractivity contribution >= 4 is 19.8 Å². The third-order valence-corrected chi connectivity index (χ3v) is 11.0. The number of nitrogens with zero attached hydrogens (tertiary/aromatic N) is 1. The van der Waals surface area contributed by atoms with Gasteiger partial charge >= 0.3 is 19.8 Å². The maximum atomic E-state index is 12.7. The first kappa shape index (κ1) is 57.7. The molecule has 0 radical (unpaired) electrons. The monoisotopic (exact) mass is 865 g/mol. The van der Waals surface area contributed by atoms with E-state index in [1.165, 1.54) is 96.3 Å². The number of hydrogen-bond donors (Lipinski definition) is 1. The normalized spacial score (nSPS) is 14.0. The second-order valence-corrected chi connectivity index (χ2v) is 18.6. The molecule has 0 aromatic rings. The molecule has 0 fully saturated rings. The van der Waals surface area contributed by atoms with Crippen LogP contribution in [0.5, 0.6) is 0 Å². The van der Waals surface area contributed by atoms with Crippen LogP contribution in [0.1, 0.15) is 194 Å². The summed E-state index contributed by atoms with van der Waals surface area (Å²) in [6.07, 6.45) is 51.3. The Labute approximate surface area is 368 Å². The van der Waals surface area contributed by atoms with Gasteiger partial charge in [-0.05, 0) is 77.0 Å². The van der Waals surface area contributed by atoms with E-state index < -0.39 is 32.5 Å². The smallest absolute Gasteiger partial charge is 0.462 e. The molecule has 0 aliphatic rings. The molecule has 2 atom stereocenters. The molecule has 0 rings (SSSR count). The Morgan fingerprint density at radius 2 is 0.917 bits per heavy atom. The highest BCUT2D eigenvalue weighted by molar-refractivity contribution is 7.47. The van der Waals surface area contributed by atoms with E-state index in [9.17, 15) is 19.0 Å². The van der Waals surface area contributed by atoms with E-state index in [0.717, 1.165) is 57.8 Å². The predicted octanol–water partition coefficient (Wildman–Crippen LogP) is 14.0. The first-order valence-corrected chi connectivity index (χ1v) is 25.5. The van der Waals surface area contributed by atoms with E-state index >= 15 is 0 Å². The number of carbonyl (C=O) groups excluding carboxylic acids is 2. The van der Waals surface area contributed by atoms with Crippen LogP contribution in [0.4, 0.5) is 0 Å². The molecule has 1 unspecified atom stereocenters. The summed E-state index contributed by atoms with van der Waals surface area (Å²) in [6.45, 7) is 4.33.